The maximum absolute atomic E-state index is 12.8. The average molecular weight is 604 g/mol. The fraction of sp³-hybridized carbons (Fsp3) is 0.441. The maximum Gasteiger partial charge on any atom is 0.319 e. The summed E-state index contributed by atoms with van der Waals surface area (Å²) in [4.78, 5) is 19.8. The lowest BCUT2D eigenvalue weighted by atomic mass is 10.0. The van der Waals surface area contributed by atoms with Crippen LogP contribution in [0, 0.1) is 0 Å². The third-order valence-electron chi connectivity index (χ3n) is 8.51. The minimum atomic E-state index is -0.426. The van der Waals surface area contributed by atoms with Crippen LogP contribution in [0.15, 0.2) is 66.7 Å². The van der Waals surface area contributed by atoms with E-state index in [0.29, 0.717) is 30.3 Å². The summed E-state index contributed by atoms with van der Waals surface area (Å²) in [6.45, 7) is 6.39. The molecule has 0 radical (unpaired) electrons. The highest BCUT2D eigenvalue weighted by atomic mass is 16.5. The number of aliphatic hydroxyl groups excluding tert-OH is 1. The summed E-state index contributed by atoms with van der Waals surface area (Å²) < 4.78 is 16.5. The zero-order valence-electron chi connectivity index (χ0n) is 26.0. The van der Waals surface area contributed by atoms with Crippen LogP contribution in [0.25, 0.3) is 11.1 Å². The number of anilines is 2. The Morgan fingerprint density at radius 2 is 1.41 bits per heavy atom. The van der Waals surface area contributed by atoms with Crippen molar-refractivity contribution in [2.45, 2.75) is 25.0 Å². The van der Waals surface area contributed by atoms with Gasteiger partial charge in [-0.05, 0) is 24.5 Å². The van der Waals surface area contributed by atoms with Crippen molar-refractivity contribution in [2.24, 2.45) is 0 Å². The molecule has 3 aromatic carbocycles. The Morgan fingerprint density at radius 3 is 2.02 bits per heavy atom. The van der Waals surface area contributed by atoms with Crippen molar-refractivity contribution in [3.05, 3.63) is 66.7 Å². The number of urea groups is 1. The first kappa shape index (κ1) is 31.4. The van der Waals surface area contributed by atoms with Crippen LogP contribution in [0.1, 0.15) is 12.8 Å². The molecule has 0 saturated carbocycles. The number of nitrogens with zero attached hydrogens (tertiary/aromatic N) is 3. The van der Waals surface area contributed by atoms with Gasteiger partial charge in [0.1, 0.15) is 0 Å². The minimum absolute atomic E-state index is 0.107. The van der Waals surface area contributed by atoms with Gasteiger partial charge in [-0.1, -0.05) is 48.5 Å². The lowest BCUT2D eigenvalue weighted by Gasteiger charge is -2.38. The number of β-amino-alcohol motifs (C(OH)–C–C–N with tert-alkyl or cyclic N) is 1. The second-order valence-corrected chi connectivity index (χ2v) is 11.4. The molecule has 0 bridgehead atoms. The normalized spacial score (nSPS) is 17.1. The summed E-state index contributed by atoms with van der Waals surface area (Å²) in [6.07, 6.45) is 1.28. The Morgan fingerprint density at radius 1 is 0.818 bits per heavy atom. The molecule has 0 spiro atoms. The predicted octanol–water partition coefficient (Wildman–Crippen LogP) is 4.15. The molecule has 2 fully saturated rings. The van der Waals surface area contributed by atoms with E-state index >= 15 is 0 Å². The number of carbonyl (C=O) groups excluding carboxylic acids is 1. The predicted molar refractivity (Wildman–Crippen MR) is 174 cm³/mol. The number of piperazine rings is 1. The van der Waals surface area contributed by atoms with Crippen LogP contribution in [0.5, 0.6) is 17.2 Å². The zero-order chi connectivity index (χ0) is 30.9. The van der Waals surface area contributed by atoms with E-state index in [1.54, 1.807) is 21.3 Å². The second-order valence-electron chi connectivity index (χ2n) is 11.4. The summed E-state index contributed by atoms with van der Waals surface area (Å²) >= 11 is 0. The molecule has 2 aliphatic rings. The third-order valence-corrected chi connectivity index (χ3v) is 8.51. The number of para-hydroxylation sites is 1. The molecule has 10 heteroatoms. The summed E-state index contributed by atoms with van der Waals surface area (Å²) in [5.41, 5.74) is 3.89. The summed E-state index contributed by atoms with van der Waals surface area (Å²) in [7, 11) is 4.86. The lowest BCUT2D eigenvalue weighted by molar-refractivity contribution is 0.0619. The molecule has 2 saturated heterocycles. The van der Waals surface area contributed by atoms with Gasteiger partial charge in [0.15, 0.2) is 11.5 Å². The van der Waals surface area contributed by atoms with Gasteiger partial charge in [-0.15, -0.1) is 0 Å². The van der Waals surface area contributed by atoms with E-state index in [0.717, 1.165) is 74.6 Å². The Hall–Kier alpha value is -3.99. The van der Waals surface area contributed by atoms with Crippen molar-refractivity contribution in [1.29, 1.82) is 0 Å². The van der Waals surface area contributed by atoms with Gasteiger partial charge in [0.2, 0.25) is 5.75 Å². The molecule has 5 rings (SSSR count). The molecule has 1 atom stereocenters. The van der Waals surface area contributed by atoms with E-state index in [9.17, 15) is 9.90 Å². The highest BCUT2D eigenvalue weighted by Gasteiger charge is 2.26. The molecule has 236 valence electrons. The van der Waals surface area contributed by atoms with Crippen LogP contribution < -0.4 is 29.7 Å². The number of piperidine rings is 1. The van der Waals surface area contributed by atoms with Gasteiger partial charge in [0, 0.05) is 81.8 Å². The molecule has 0 aromatic heterocycles. The molecule has 2 amide bonds. The van der Waals surface area contributed by atoms with Crippen LogP contribution in [0.2, 0.25) is 0 Å². The van der Waals surface area contributed by atoms with Crippen molar-refractivity contribution in [3.8, 4) is 28.4 Å². The molecule has 44 heavy (non-hydrogen) atoms. The smallest absolute Gasteiger partial charge is 0.319 e. The van der Waals surface area contributed by atoms with Crippen molar-refractivity contribution < 1.29 is 24.1 Å². The standard InChI is InChI=1S/C34H45N5O5/c1-42-31-21-27(22-32(43-2)33(31)44-3)39-19-17-38(18-20-39)24-28(40)23-37-15-13-26(14-16-37)35-34(41)36-30-12-8-7-11-29(30)25-9-5-4-6-10-25/h4-12,21-22,26,28,40H,13-20,23-24H2,1-3H3,(H2,35,36,41). The summed E-state index contributed by atoms with van der Waals surface area (Å²) in [5.74, 6) is 1.88. The van der Waals surface area contributed by atoms with Crippen LogP contribution in [0.3, 0.4) is 0 Å². The quantitative estimate of drug-likeness (QED) is 0.301. The van der Waals surface area contributed by atoms with Gasteiger partial charge in [-0.25, -0.2) is 4.79 Å². The average Bonchev–Trinajstić information content (AvgIpc) is 3.06. The zero-order valence-corrected chi connectivity index (χ0v) is 26.0. The molecular weight excluding hydrogens is 558 g/mol. The number of aliphatic hydroxyl groups is 1. The number of carbonyl (C=O) groups is 1. The first-order valence-electron chi connectivity index (χ1n) is 15.4. The summed E-state index contributed by atoms with van der Waals surface area (Å²) in [6, 6.07) is 21.8. The van der Waals surface area contributed by atoms with Crippen LogP contribution >= 0.6 is 0 Å². The number of nitrogens with one attached hydrogen (secondary N) is 2. The Balaban J connectivity index is 1.03. The van der Waals surface area contributed by atoms with Crippen molar-refractivity contribution in [3.63, 3.8) is 0 Å². The van der Waals surface area contributed by atoms with E-state index in [4.69, 9.17) is 14.2 Å². The highest BCUT2D eigenvalue weighted by Crippen LogP contribution is 2.41. The minimum Gasteiger partial charge on any atom is -0.493 e. The third kappa shape index (κ3) is 7.93. The molecule has 10 nitrogen and oxygen atoms in total. The maximum atomic E-state index is 12.8. The Kier molecular flexibility index (Phi) is 10.8. The van der Waals surface area contributed by atoms with E-state index in [-0.39, 0.29) is 12.1 Å². The van der Waals surface area contributed by atoms with Gasteiger partial charge < -0.3 is 39.8 Å². The van der Waals surface area contributed by atoms with Gasteiger partial charge in [0.05, 0.1) is 33.1 Å². The van der Waals surface area contributed by atoms with Crippen LogP contribution in [-0.2, 0) is 0 Å². The van der Waals surface area contributed by atoms with Gasteiger partial charge in [0.25, 0.3) is 0 Å². The molecule has 3 N–H and O–H groups in total. The fourth-order valence-electron chi connectivity index (χ4n) is 6.16. The summed E-state index contributed by atoms with van der Waals surface area (Å²) in [5, 5.41) is 17.1. The number of hydrogen-bond acceptors (Lipinski definition) is 8. The lowest BCUT2D eigenvalue weighted by Crippen LogP contribution is -2.51. The number of hydrogen-bond donors (Lipinski definition) is 3. The number of ether oxygens (including phenoxy) is 3. The first-order chi connectivity index (χ1) is 21.5. The van der Waals surface area contributed by atoms with Gasteiger partial charge >= 0.3 is 6.03 Å². The molecule has 0 aliphatic carbocycles. The van der Waals surface area contributed by atoms with E-state index in [1.807, 2.05) is 66.7 Å². The number of methoxy groups -OCH3 is 3. The van der Waals surface area contributed by atoms with Gasteiger partial charge in [-0.2, -0.15) is 0 Å². The van der Waals surface area contributed by atoms with Gasteiger partial charge in [-0.3, -0.25) is 4.90 Å². The van der Waals surface area contributed by atoms with E-state index in [2.05, 4.69) is 25.3 Å². The highest BCUT2D eigenvalue weighted by molar-refractivity contribution is 5.94. The number of amides is 2. The van der Waals surface area contributed by atoms with Crippen molar-refractivity contribution in [1.82, 2.24) is 15.1 Å². The van der Waals surface area contributed by atoms with Crippen LogP contribution in [0.4, 0.5) is 16.2 Å². The van der Waals surface area contributed by atoms with Crippen LogP contribution in [-0.4, -0.2) is 107 Å². The Labute approximate surface area is 260 Å². The fourth-order valence-corrected chi connectivity index (χ4v) is 6.16. The SMILES string of the molecule is COc1cc(N2CCN(CC(O)CN3CCC(NC(=O)Nc4ccccc4-c4ccccc4)CC3)CC2)cc(OC)c1OC. The van der Waals surface area contributed by atoms with Crippen molar-refractivity contribution >= 4 is 17.4 Å². The van der Waals surface area contributed by atoms with E-state index < -0.39 is 6.10 Å². The van der Waals surface area contributed by atoms with E-state index in [1.165, 1.54) is 0 Å². The first-order valence-corrected chi connectivity index (χ1v) is 15.4. The number of benzene rings is 3. The molecule has 2 aliphatic heterocycles. The topological polar surface area (TPSA) is 98.8 Å². The molecular formula is C34H45N5O5. The Bertz CT molecular complexity index is 1330. The largest absolute Gasteiger partial charge is 0.493 e. The number of rotatable bonds is 11. The van der Waals surface area contributed by atoms with Crippen molar-refractivity contribution in [2.75, 3.05) is 83.9 Å². The molecule has 2 heterocycles. The molecule has 3 aromatic rings. The second kappa shape index (κ2) is 15.1. The monoisotopic (exact) mass is 603 g/mol. The number of likely N-dealkylation sites (tertiary alicyclic amines) is 1. The molecule has 1 unspecified atom stereocenters.